The average molecular weight is 816 g/mol. The number of hydrogen-bond acceptors (Lipinski definition) is 8. The Morgan fingerprint density at radius 3 is 1.49 bits per heavy atom. The number of hydrogen-bond donors (Lipinski definition) is 2. The van der Waals surface area contributed by atoms with Gasteiger partial charge in [-0.25, -0.2) is 4.57 Å². The van der Waals surface area contributed by atoms with Gasteiger partial charge in [0.25, 0.3) is 0 Å². The van der Waals surface area contributed by atoms with Gasteiger partial charge in [-0.3, -0.25) is 18.6 Å². The van der Waals surface area contributed by atoms with Crippen molar-refractivity contribution in [1.82, 2.24) is 0 Å². The summed E-state index contributed by atoms with van der Waals surface area (Å²) < 4.78 is 32.7. The maximum absolute atomic E-state index is 12.6. The Kier molecular flexibility index (Phi) is 40.2. The van der Waals surface area contributed by atoms with Gasteiger partial charge in [0.05, 0.1) is 13.2 Å². The van der Waals surface area contributed by atoms with Crippen LogP contribution in [0.1, 0.15) is 155 Å². The zero-order chi connectivity index (χ0) is 41.8. The highest BCUT2D eigenvalue weighted by Gasteiger charge is 2.25. The molecule has 324 valence electrons. The van der Waals surface area contributed by atoms with E-state index in [4.69, 9.17) is 24.3 Å². The van der Waals surface area contributed by atoms with Gasteiger partial charge in [-0.1, -0.05) is 150 Å². The molecule has 9 nitrogen and oxygen atoms in total. The van der Waals surface area contributed by atoms with Crippen LogP contribution in [-0.4, -0.2) is 49.3 Å². The molecule has 3 N–H and O–H groups in total. The molecular formula is C47H78NO8P. The number of rotatable bonds is 39. The Balaban J connectivity index is 4.33. The molecule has 0 aromatic carbocycles. The maximum atomic E-state index is 12.6. The normalized spacial score (nSPS) is 14.2. The fourth-order valence-electron chi connectivity index (χ4n) is 5.26. The summed E-state index contributed by atoms with van der Waals surface area (Å²) in [4.78, 5) is 34.8. The topological polar surface area (TPSA) is 134 Å². The second-order valence-corrected chi connectivity index (χ2v) is 15.3. The van der Waals surface area contributed by atoms with E-state index in [0.29, 0.717) is 12.8 Å². The summed E-state index contributed by atoms with van der Waals surface area (Å²) in [7, 11) is -4.40. The van der Waals surface area contributed by atoms with Crippen molar-refractivity contribution in [1.29, 1.82) is 0 Å². The van der Waals surface area contributed by atoms with Gasteiger partial charge in [-0.05, 0) is 89.9 Å². The lowest BCUT2D eigenvalue weighted by Crippen LogP contribution is -2.29. The van der Waals surface area contributed by atoms with E-state index >= 15 is 0 Å². The highest BCUT2D eigenvalue weighted by Crippen LogP contribution is 2.43. The molecule has 0 rings (SSSR count). The van der Waals surface area contributed by atoms with Gasteiger partial charge >= 0.3 is 19.8 Å². The van der Waals surface area contributed by atoms with Crippen molar-refractivity contribution in [3.05, 3.63) is 97.2 Å². The number of carbonyl (C=O) groups is 2. The Hall–Kier alpha value is -3.07. The number of unbranched alkanes of at least 4 members (excludes halogenated alkanes) is 10. The summed E-state index contributed by atoms with van der Waals surface area (Å²) in [6.45, 7) is 3.49. The first kappa shape index (κ1) is 53.9. The van der Waals surface area contributed by atoms with Crippen LogP contribution in [0, 0.1) is 0 Å². The lowest BCUT2D eigenvalue weighted by molar-refractivity contribution is -0.161. The number of allylic oxidation sites excluding steroid dienone is 16. The fourth-order valence-corrected chi connectivity index (χ4v) is 6.03. The van der Waals surface area contributed by atoms with Crippen molar-refractivity contribution < 1.29 is 37.6 Å². The predicted octanol–water partition coefficient (Wildman–Crippen LogP) is 12.6. The van der Waals surface area contributed by atoms with Crippen LogP contribution in [0.25, 0.3) is 0 Å². The quantitative estimate of drug-likeness (QED) is 0.0269. The second-order valence-electron chi connectivity index (χ2n) is 13.8. The van der Waals surface area contributed by atoms with E-state index in [2.05, 4.69) is 105 Å². The van der Waals surface area contributed by atoms with E-state index in [1.165, 1.54) is 38.5 Å². The van der Waals surface area contributed by atoms with E-state index in [9.17, 15) is 19.0 Å². The first-order valence-corrected chi connectivity index (χ1v) is 23.2. The van der Waals surface area contributed by atoms with E-state index < -0.39 is 32.5 Å². The minimum Gasteiger partial charge on any atom is -0.462 e. The molecule has 0 radical (unpaired) electrons. The van der Waals surface area contributed by atoms with Gasteiger partial charge in [-0.2, -0.15) is 0 Å². The second kappa shape index (κ2) is 42.5. The van der Waals surface area contributed by atoms with Crippen LogP contribution in [0.4, 0.5) is 0 Å². The van der Waals surface area contributed by atoms with Crippen LogP contribution in [0.15, 0.2) is 97.2 Å². The monoisotopic (exact) mass is 816 g/mol. The molecule has 0 fully saturated rings. The molecule has 0 saturated heterocycles. The molecule has 0 heterocycles. The average Bonchev–Trinajstić information content (AvgIpc) is 3.20. The third-order valence-electron chi connectivity index (χ3n) is 8.45. The molecule has 0 amide bonds. The van der Waals surface area contributed by atoms with Crippen LogP contribution >= 0.6 is 7.82 Å². The number of carbonyl (C=O) groups excluding carboxylic acids is 2. The summed E-state index contributed by atoms with van der Waals surface area (Å²) in [5, 5.41) is 0. The van der Waals surface area contributed by atoms with E-state index in [-0.39, 0.29) is 32.6 Å². The highest BCUT2D eigenvalue weighted by atomic mass is 31.2. The number of ether oxygens (including phenoxy) is 2. The van der Waals surface area contributed by atoms with E-state index in [0.717, 1.165) is 77.0 Å². The summed E-state index contributed by atoms with van der Waals surface area (Å²) in [6, 6.07) is 0. The zero-order valence-corrected chi connectivity index (χ0v) is 36.4. The minimum absolute atomic E-state index is 0.0356. The lowest BCUT2D eigenvalue weighted by Gasteiger charge is -2.19. The zero-order valence-electron chi connectivity index (χ0n) is 35.5. The van der Waals surface area contributed by atoms with Crippen molar-refractivity contribution in [2.45, 2.75) is 161 Å². The summed E-state index contributed by atoms with van der Waals surface area (Å²) in [5.74, 6) is -0.938. The van der Waals surface area contributed by atoms with Crippen LogP contribution in [-0.2, 0) is 32.7 Å². The van der Waals surface area contributed by atoms with Gasteiger partial charge in [0.1, 0.15) is 6.61 Å². The highest BCUT2D eigenvalue weighted by molar-refractivity contribution is 7.47. The van der Waals surface area contributed by atoms with Crippen LogP contribution in [0.2, 0.25) is 0 Å². The molecule has 2 unspecified atom stereocenters. The van der Waals surface area contributed by atoms with Crippen LogP contribution in [0.5, 0.6) is 0 Å². The molecule has 0 aliphatic carbocycles. The van der Waals surface area contributed by atoms with Gasteiger partial charge in [0.2, 0.25) is 0 Å². The molecule has 2 atom stereocenters. The SMILES string of the molecule is CCC=CCC=CCC=CCC=CCC=CCCCCCC(=O)OC(COC(=O)CCCC=CCC=CCC=CCCCCCCCC)COP(=O)(O)OCCN. The summed E-state index contributed by atoms with van der Waals surface area (Å²) in [5.41, 5.74) is 5.34. The number of phosphoric ester groups is 1. The van der Waals surface area contributed by atoms with Crippen molar-refractivity contribution in [2.75, 3.05) is 26.4 Å². The van der Waals surface area contributed by atoms with E-state index in [1.807, 2.05) is 6.08 Å². The molecular weight excluding hydrogens is 737 g/mol. The van der Waals surface area contributed by atoms with Crippen molar-refractivity contribution in [2.24, 2.45) is 5.73 Å². The summed E-state index contributed by atoms with van der Waals surface area (Å²) in [6.07, 6.45) is 54.5. The fraction of sp³-hybridized carbons (Fsp3) is 0.617. The van der Waals surface area contributed by atoms with Gasteiger partial charge < -0.3 is 20.1 Å². The number of phosphoric acid groups is 1. The number of esters is 2. The summed E-state index contributed by atoms with van der Waals surface area (Å²) >= 11 is 0. The van der Waals surface area contributed by atoms with Gasteiger partial charge in [0.15, 0.2) is 6.10 Å². The first-order chi connectivity index (χ1) is 27.8. The van der Waals surface area contributed by atoms with Crippen molar-refractivity contribution in [3.63, 3.8) is 0 Å². The minimum atomic E-state index is -4.40. The largest absolute Gasteiger partial charge is 0.472 e. The van der Waals surface area contributed by atoms with Crippen molar-refractivity contribution in [3.8, 4) is 0 Å². The van der Waals surface area contributed by atoms with Gasteiger partial charge in [0, 0.05) is 19.4 Å². The molecule has 0 aromatic heterocycles. The molecule has 0 saturated carbocycles. The molecule has 10 heteroatoms. The standard InChI is InChI=1S/C47H78NO8P/c1-3-5-7-9-11-13-15-17-19-21-22-24-26-28-30-32-34-36-38-40-47(50)56-45(44-55-57(51,52)54-42-41-48)43-53-46(49)39-37-35-33-31-29-27-25-23-20-18-16-14-12-10-8-6-4-2/h5,7,11,13,17-20,22,24-25,27-28,30-31,33,45H,3-4,6,8-10,12,14-16,21,23,26,29,32,34-44,48H2,1-2H3,(H,51,52). The van der Waals surface area contributed by atoms with Crippen LogP contribution < -0.4 is 5.73 Å². The molecule has 0 aromatic rings. The molecule has 0 bridgehead atoms. The first-order valence-electron chi connectivity index (χ1n) is 21.7. The molecule has 0 aliphatic heterocycles. The van der Waals surface area contributed by atoms with Gasteiger partial charge in [-0.15, -0.1) is 0 Å². The van der Waals surface area contributed by atoms with Crippen LogP contribution in [0.3, 0.4) is 0 Å². The predicted molar refractivity (Wildman–Crippen MR) is 238 cm³/mol. The third kappa shape index (κ3) is 42.4. The molecule has 0 spiro atoms. The molecule has 0 aliphatic rings. The third-order valence-corrected chi connectivity index (χ3v) is 9.44. The Bertz CT molecular complexity index is 1250. The maximum Gasteiger partial charge on any atom is 0.472 e. The number of nitrogens with two attached hydrogens (primary N) is 1. The molecule has 57 heavy (non-hydrogen) atoms. The Morgan fingerprint density at radius 2 is 0.982 bits per heavy atom. The van der Waals surface area contributed by atoms with E-state index in [1.54, 1.807) is 0 Å². The Labute approximate surface area is 346 Å². The Morgan fingerprint density at radius 1 is 0.544 bits per heavy atom. The van der Waals surface area contributed by atoms with Crippen molar-refractivity contribution >= 4 is 19.8 Å². The lowest BCUT2D eigenvalue weighted by atomic mass is 10.1. The smallest absolute Gasteiger partial charge is 0.462 e.